The molecule has 2 amide bonds. The highest BCUT2D eigenvalue weighted by molar-refractivity contribution is 8.00. The van der Waals surface area contributed by atoms with E-state index in [1.807, 2.05) is 6.92 Å². The lowest BCUT2D eigenvalue weighted by Gasteiger charge is -2.16. The number of hydrogen-bond acceptors (Lipinski definition) is 6. The third-order valence-electron chi connectivity index (χ3n) is 3.31. The Morgan fingerprint density at radius 2 is 2.09 bits per heavy atom. The first-order valence-electron chi connectivity index (χ1n) is 7.13. The van der Waals surface area contributed by atoms with Crippen molar-refractivity contribution in [2.75, 3.05) is 17.3 Å². The standard InChI is InChI=1S/C15H18N2O5S/c1-2-22-10-5-3-9(4-6-10)17-13(18)7-12(14(17)19)23-8-11(16)15(20)21/h3-6,11-12H,2,7-8,16H2,1H3,(H,20,21)/t11-,12+/m0/s1. The highest BCUT2D eigenvalue weighted by Crippen LogP contribution is 2.30. The molecule has 8 heteroatoms. The molecule has 1 saturated heterocycles. The number of nitrogens with zero attached hydrogens (tertiary/aromatic N) is 1. The summed E-state index contributed by atoms with van der Waals surface area (Å²) in [6.45, 7) is 2.40. The van der Waals surface area contributed by atoms with E-state index in [0.717, 1.165) is 16.7 Å². The molecule has 1 aromatic rings. The second-order valence-electron chi connectivity index (χ2n) is 4.97. The molecule has 1 heterocycles. The Balaban J connectivity index is 2.04. The number of carboxylic acid groups (broad SMARTS) is 1. The van der Waals surface area contributed by atoms with Gasteiger partial charge in [-0.25, -0.2) is 4.90 Å². The minimum atomic E-state index is -1.13. The molecule has 124 valence electrons. The molecule has 0 spiro atoms. The maximum atomic E-state index is 12.4. The molecule has 1 fully saturated rings. The van der Waals surface area contributed by atoms with Gasteiger partial charge in [-0.2, -0.15) is 0 Å². The van der Waals surface area contributed by atoms with Gasteiger partial charge in [-0.3, -0.25) is 14.4 Å². The number of amides is 2. The molecule has 3 N–H and O–H groups in total. The second kappa shape index (κ2) is 7.47. The Morgan fingerprint density at radius 1 is 1.43 bits per heavy atom. The Hall–Kier alpha value is -2.06. The van der Waals surface area contributed by atoms with Crippen LogP contribution in [0.5, 0.6) is 5.75 Å². The van der Waals surface area contributed by atoms with E-state index in [1.54, 1.807) is 24.3 Å². The van der Waals surface area contributed by atoms with E-state index in [0.29, 0.717) is 18.0 Å². The summed E-state index contributed by atoms with van der Waals surface area (Å²) in [7, 11) is 0. The molecular weight excluding hydrogens is 320 g/mol. The predicted octanol–water partition coefficient (Wildman–Crippen LogP) is 0.862. The fraction of sp³-hybridized carbons (Fsp3) is 0.400. The smallest absolute Gasteiger partial charge is 0.321 e. The number of imide groups is 1. The molecule has 2 atom stereocenters. The number of nitrogens with two attached hydrogens (primary N) is 1. The average molecular weight is 338 g/mol. The number of anilines is 1. The Kier molecular flexibility index (Phi) is 5.62. The molecular formula is C15H18N2O5S. The van der Waals surface area contributed by atoms with Crippen molar-refractivity contribution in [2.45, 2.75) is 24.6 Å². The molecule has 1 aliphatic rings. The van der Waals surface area contributed by atoms with Crippen LogP contribution in [0.25, 0.3) is 0 Å². The first kappa shape index (κ1) is 17.3. The molecule has 0 unspecified atom stereocenters. The van der Waals surface area contributed by atoms with Gasteiger partial charge in [0.15, 0.2) is 0 Å². The lowest BCUT2D eigenvalue weighted by Crippen LogP contribution is -2.35. The number of rotatable bonds is 7. The lowest BCUT2D eigenvalue weighted by atomic mass is 10.3. The summed E-state index contributed by atoms with van der Waals surface area (Å²) < 4.78 is 5.32. The number of carboxylic acids is 1. The van der Waals surface area contributed by atoms with E-state index in [1.165, 1.54) is 0 Å². The van der Waals surface area contributed by atoms with E-state index in [4.69, 9.17) is 15.6 Å². The van der Waals surface area contributed by atoms with Gasteiger partial charge in [-0.1, -0.05) is 0 Å². The normalized spacial score (nSPS) is 19.0. The zero-order chi connectivity index (χ0) is 17.0. The molecule has 0 bridgehead atoms. The Morgan fingerprint density at radius 3 is 2.65 bits per heavy atom. The van der Waals surface area contributed by atoms with E-state index in [9.17, 15) is 14.4 Å². The van der Waals surface area contributed by atoms with E-state index in [-0.39, 0.29) is 24.0 Å². The van der Waals surface area contributed by atoms with Crippen LogP contribution < -0.4 is 15.4 Å². The van der Waals surface area contributed by atoms with Crippen molar-refractivity contribution < 1.29 is 24.2 Å². The van der Waals surface area contributed by atoms with Gasteiger partial charge in [0.1, 0.15) is 11.8 Å². The van der Waals surface area contributed by atoms with E-state index >= 15 is 0 Å². The van der Waals surface area contributed by atoms with Gasteiger partial charge in [0.25, 0.3) is 0 Å². The molecule has 0 saturated carbocycles. The van der Waals surface area contributed by atoms with Crippen LogP contribution in [0.2, 0.25) is 0 Å². The van der Waals surface area contributed by atoms with Crippen LogP contribution in [-0.4, -0.2) is 46.5 Å². The van der Waals surface area contributed by atoms with Crippen LogP contribution >= 0.6 is 11.8 Å². The first-order valence-corrected chi connectivity index (χ1v) is 8.18. The van der Waals surface area contributed by atoms with Crippen molar-refractivity contribution in [1.82, 2.24) is 0 Å². The molecule has 0 radical (unpaired) electrons. The highest BCUT2D eigenvalue weighted by atomic mass is 32.2. The number of thioether (sulfide) groups is 1. The maximum Gasteiger partial charge on any atom is 0.321 e. The summed E-state index contributed by atoms with van der Waals surface area (Å²) in [6, 6.07) is 5.64. The number of carbonyl (C=O) groups excluding carboxylic acids is 2. The van der Waals surface area contributed by atoms with Crippen LogP contribution in [0.1, 0.15) is 13.3 Å². The van der Waals surface area contributed by atoms with Crippen LogP contribution in [0.15, 0.2) is 24.3 Å². The fourth-order valence-electron chi connectivity index (χ4n) is 2.15. The topological polar surface area (TPSA) is 110 Å². The minimum absolute atomic E-state index is 0.0447. The van der Waals surface area contributed by atoms with Gasteiger partial charge < -0.3 is 15.6 Å². The van der Waals surface area contributed by atoms with Crippen molar-refractivity contribution in [1.29, 1.82) is 0 Å². The summed E-state index contributed by atoms with van der Waals surface area (Å²) in [6.07, 6.45) is 0.0447. The fourth-order valence-corrected chi connectivity index (χ4v) is 3.25. The summed E-state index contributed by atoms with van der Waals surface area (Å²) in [5.74, 6) is -1.04. The third kappa shape index (κ3) is 4.02. The summed E-state index contributed by atoms with van der Waals surface area (Å²) in [5.41, 5.74) is 5.90. The minimum Gasteiger partial charge on any atom is -0.494 e. The molecule has 0 aromatic heterocycles. The van der Waals surface area contributed by atoms with Crippen molar-refractivity contribution in [3.63, 3.8) is 0 Å². The lowest BCUT2D eigenvalue weighted by molar-refractivity contribution is -0.138. The molecule has 7 nitrogen and oxygen atoms in total. The van der Waals surface area contributed by atoms with Crippen LogP contribution in [0.4, 0.5) is 5.69 Å². The van der Waals surface area contributed by atoms with Crippen molar-refractivity contribution in [2.24, 2.45) is 5.73 Å². The van der Waals surface area contributed by atoms with E-state index < -0.39 is 17.3 Å². The van der Waals surface area contributed by atoms with Gasteiger partial charge in [0.05, 0.1) is 17.5 Å². The van der Waals surface area contributed by atoms with Crippen molar-refractivity contribution in [3.8, 4) is 5.75 Å². The van der Waals surface area contributed by atoms with Crippen LogP contribution in [-0.2, 0) is 14.4 Å². The number of hydrogen-bond donors (Lipinski definition) is 2. The molecule has 23 heavy (non-hydrogen) atoms. The largest absolute Gasteiger partial charge is 0.494 e. The van der Waals surface area contributed by atoms with Crippen LogP contribution in [0.3, 0.4) is 0 Å². The number of ether oxygens (including phenoxy) is 1. The number of aliphatic carboxylic acids is 1. The van der Waals surface area contributed by atoms with E-state index in [2.05, 4.69) is 0 Å². The van der Waals surface area contributed by atoms with Gasteiger partial charge in [-0.15, -0.1) is 11.8 Å². The predicted molar refractivity (Wildman–Crippen MR) is 86.6 cm³/mol. The average Bonchev–Trinajstić information content (AvgIpc) is 2.80. The number of carbonyl (C=O) groups is 3. The second-order valence-corrected chi connectivity index (χ2v) is 6.20. The summed E-state index contributed by atoms with van der Waals surface area (Å²) in [4.78, 5) is 36.3. The summed E-state index contributed by atoms with van der Waals surface area (Å²) in [5, 5.41) is 8.16. The molecule has 1 aliphatic heterocycles. The van der Waals surface area contributed by atoms with Crippen LogP contribution in [0, 0.1) is 0 Å². The first-order chi connectivity index (χ1) is 10.9. The zero-order valence-corrected chi connectivity index (χ0v) is 13.4. The van der Waals surface area contributed by atoms with Crippen molar-refractivity contribution in [3.05, 3.63) is 24.3 Å². The highest BCUT2D eigenvalue weighted by Gasteiger charge is 2.40. The maximum absolute atomic E-state index is 12.4. The van der Waals surface area contributed by atoms with Gasteiger partial charge in [0.2, 0.25) is 11.8 Å². The quantitative estimate of drug-likeness (QED) is 0.710. The van der Waals surface area contributed by atoms with Gasteiger partial charge >= 0.3 is 5.97 Å². The SMILES string of the molecule is CCOc1ccc(N2C(=O)C[C@@H](SC[C@H](N)C(=O)O)C2=O)cc1. The molecule has 1 aromatic carbocycles. The summed E-state index contributed by atoms with van der Waals surface area (Å²) >= 11 is 1.10. The third-order valence-corrected chi connectivity index (χ3v) is 4.63. The monoisotopic (exact) mass is 338 g/mol. The van der Waals surface area contributed by atoms with Gasteiger partial charge in [0, 0.05) is 12.2 Å². The number of benzene rings is 1. The Labute approximate surface area is 137 Å². The Bertz CT molecular complexity index is 604. The molecule has 0 aliphatic carbocycles. The van der Waals surface area contributed by atoms with Crippen molar-refractivity contribution >= 4 is 35.2 Å². The zero-order valence-electron chi connectivity index (χ0n) is 12.6. The molecule has 2 rings (SSSR count). The van der Waals surface area contributed by atoms with Gasteiger partial charge in [-0.05, 0) is 31.2 Å².